The first kappa shape index (κ1) is 13.4. The second-order valence-corrected chi connectivity index (χ2v) is 4.52. The van der Waals surface area contributed by atoms with Gasteiger partial charge in [-0.05, 0) is 31.5 Å². The van der Waals surface area contributed by atoms with Crippen LogP contribution in [0.1, 0.15) is 25.5 Å². The van der Waals surface area contributed by atoms with Crippen molar-refractivity contribution in [1.29, 1.82) is 0 Å². The Bertz CT molecular complexity index is 644. The van der Waals surface area contributed by atoms with Gasteiger partial charge in [0.1, 0.15) is 6.04 Å². The number of fused-ring (bicyclic) bond motifs is 1. The maximum atomic E-state index is 11.4. The van der Waals surface area contributed by atoms with Crippen molar-refractivity contribution in [3.8, 4) is 0 Å². The Hall–Kier alpha value is -2.08. The molecule has 19 heavy (non-hydrogen) atoms. The maximum Gasteiger partial charge on any atom is 0.323 e. The van der Waals surface area contributed by atoms with E-state index in [9.17, 15) is 9.59 Å². The Labute approximate surface area is 110 Å². The first-order valence-corrected chi connectivity index (χ1v) is 6.07. The minimum absolute atomic E-state index is 0.0306. The first-order valence-electron chi connectivity index (χ1n) is 6.07. The minimum atomic E-state index is -0.388. The molecule has 0 aliphatic rings. The van der Waals surface area contributed by atoms with E-state index in [2.05, 4.69) is 20.0 Å². The lowest BCUT2D eigenvalue weighted by Crippen LogP contribution is -2.36. The fourth-order valence-electron chi connectivity index (χ4n) is 2.04. The smallest absolute Gasteiger partial charge is 0.323 e. The van der Waals surface area contributed by atoms with Gasteiger partial charge in [-0.15, -0.1) is 0 Å². The molecular weight excluding hydrogens is 246 g/mol. The van der Waals surface area contributed by atoms with Crippen LogP contribution in [-0.2, 0) is 9.53 Å². The van der Waals surface area contributed by atoms with Crippen LogP contribution >= 0.6 is 0 Å². The topological polar surface area (TPSA) is 87.0 Å². The summed E-state index contributed by atoms with van der Waals surface area (Å²) in [7, 11) is 1.36. The highest BCUT2D eigenvalue weighted by atomic mass is 16.5. The molecule has 1 aromatic heterocycles. The van der Waals surface area contributed by atoms with E-state index in [0.717, 1.165) is 16.6 Å². The maximum absolute atomic E-state index is 11.4. The number of benzene rings is 1. The number of H-pyrrole nitrogens is 2. The van der Waals surface area contributed by atoms with Gasteiger partial charge >= 0.3 is 11.7 Å². The van der Waals surface area contributed by atoms with Gasteiger partial charge in [-0.1, -0.05) is 6.07 Å². The van der Waals surface area contributed by atoms with E-state index in [1.807, 2.05) is 25.1 Å². The molecule has 0 amide bonds. The molecule has 2 unspecified atom stereocenters. The molecule has 1 aromatic carbocycles. The summed E-state index contributed by atoms with van der Waals surface area (Å²) in [6.07, 6.45) is 0. The molecule has 0 spiro atoms. The van der Waals surface area contributed by atoms with Gasteiger partial charge in [-0.2, -0.15) is 0 Å². The number of imidazole rings is 1. The highest BCUT2D eigenvalue weighted by molar-refractivity contribution is 5.76. The second kappa shape index (κ2) is 5.27. The zero-order chi connectivity index (χ0) is 14.0. The van der Waals surface area contributed by atoms with Crippen LogP contribution in [0.25, 0.3) is 11.0 Å². The van der Waals surface area contributed by atoms with Gasteiger partial charge in [-0.25, -0.2) is 4.79 Å². The van der Waals surface area contributed by atoms with Gasteiger partial charge in [0.15, 0.2) is 0 Å². The van der Waals surface area contributed by atoms with E-state index in [0.29, 0.717) is 0 Å². The van der Waals surface area contributed by atoms with Gasteiger partial charge in [-0.3, -0.25) is 10.1 Å². The molecule has 3 N–H and O–H groups in total. The summed E-state index contributed by atoms with van der Waals surface area (Å²) in [6.45, 7) is 3.70. The van der Waals surface area contributed by atoms with Gasteiger partial charge in [0.25, 0.3) is 0 Å². The third-order valence-corrected chi connectivity index (χ3v) is 3.09. The molecule has 0 fully saturated rings. The molecule has 6 heteroatoms. The van der Waals surface area contributed by atoms with Crippen LogP contribution in [-0.4, -0.2) is 29.1 Å². The number of rotatable bonds is 4. The summed E-state index contributed by atoms with van der Waals surface area (Å²) in [6, 6.07) is 5.21. The Morgan fingerprint density at radius 3 is 2.63 bits per heavy atom. The lowest BCUT2D eigenvalue weighted by Gasteiger charge is -2.18. The van der Waals surface area contributed by atoms with Crippen LogP contribution in [0, 0.1) is 0 Å². The summed E-state index contributed by atoms with van der Waals surface area (Å²) in [5.74, 6) is -0.303. The molecule has 0 saturated carbocycles. The largest absolute Gasteiger partial charge is 0.468 e. The third kappa shape index (κ3) is 2.85. The van der Waals surface area contributed by atoms with Crippen molar-refractivity contribution in [2.45, 2.75) is 25.9 Å². The summed E-state index contributed by atoms with van der Waals surface area (Å²) in [5, 5.41) is 3.14. The number of aromatic amines is 2. The highest BCUT2D eigenvalue weighted by Gasteiger charge is 2.16. The summed E-state index contributed by atoms with van der Waals surface area (Å²) in [5.41, 5.74) is 2.28. The quantitative estimate of drug-likeness (QED) is 0.720. The number of carbonyl (C=O) groups excluding carboxylic acids is 1. The summed E-state index contributed by atoms with van der Waals surface area (Å²) < 4.78 is 4.67. The normalized spacial score (nSPS) is 14.3. The fraction of sp³-hybridized carbons (Fsp3) is 0.385. The average molecular weight is 263 g/mol. The average Bonchev–Trinajstić information content (AvgIpc) is 2.76. The Kier molecular flexibility index (Phi) is 3.71. The lowest BCUT2D eigenvalue weighted by molar-refractivity contribution is -0.142. The number of hydrogen-bond acceptors (Lipinski definition) is 4. The highest BCUT2D eigenvalue weighted by Crippen LogP contribution is 2.17. The molecule has 2 aromatic rings. The first-order chi connectivity index (χ1) is 9.01. The van der Waals surface area contributed by atoms with Crippen molar-refractivity contribution >= 4 is 17.0 Å². The molecule has 0 saturated heterocycles. The van der Waals surface area contributed by atoms with E-state index < -0.39 is 0 Å². The zero-order valence-corrected chi connectivity index (χ0v) is 11.1. The van der Waals surface area contributed by atoms with Gasteiger partial charge < -0.3 is 14.7 Å². The SMILES string of the molecule is COC(=O)C(C)NC(C)c1ccc2[nH]c(=O)[nH]c2c1. The van der Waals surface area contributed by atoms with E-state index in [1.165, 1.54) is 7.11 Å². The summed E-state index contributed by atoms with van der Waals surface area (Å²) >= 11 is 0. The number of hydrogen-bond donors (Lipinski definition) is 3. The van der Waals surface area contributed by atoms with E-state index in [1.54, 1.807) is 6.92 Å². The number of ether oxygens (including phenoxy) is 1. The van der Waals surface area contributed by atoms with Crippen LogP contribution in [0.15, 0.2) is 23.0 Å². The molecule has 0 aliphatic heterocycles. The number of esters is 1. The molecular formula is C13H17N3O3. The molecule has 6 nitrogen and oxygen atoms in total. The van der Waals surface area contributed by atoms with Crippen LogP contribution in [0.5, 0.6) is 0 Å². The molecule has 102 valence electrons. The van der Waals surface area contributed by atoms with E-state index >= 15 is 0 Å². The standard InChI is InChI=1S/C13H17N3O3/c1-7(14-8(2)12(17)19-3)9-4-5-10-11(6-9)16-13(18)15-10/h4-8,14H,1-3H3,(H2,15,16,18). The van der Waals surface area contributed by atoms with Gasteiger partial charge in [0.2, 0.25) is 0 Å². The van der Waals surface area contributed by atoms with Crippen LogP contribution in [0.3, 0.4) is 0 Å². The third-order valence-electron chi connectivity index (χ3n) is 3.09. The Morgan fingerprint density at radius 2 is 1.95 bits per heavy atom. The van der Waals surface area contributed by atoms with Crippen molar-refractivity contribution in [3.05, 3.63) is 34.2 Å². The van der Waals surface area contributed by atoms with Gasteiger partial charge in [0, 0.05) is 6.04 Å². The predicted octanol–water partition coefficient (Wildman–Crippen LogP) is 1.07. The Morgan fingerprint density at radius 1 is 1.26 bits per heavy atom. The number of aromatic nitrogens is 2. The minimum Gasteiger partial charge on any atom is -0.468 e. The van der Waals surface area contributed by atoms with E-state index in [-0.39, 0.29) is 23.7 Å². The van der Waals surface area contributed by atoms with Crippen molar-refractivity contribution in [3.63, 3.8) is 0 Å². The van der Waals surface area contributed by atoms with Gasteiger partial charge in [0.05, 0.1) is 18.1 Å². The van der Waals surface area contributed by atoms with Crippen molar-refractivity contribution < 1.29 is 9.53 Å². The molecule has 1 heterocycles. The lowest BCUT2D eigenvalue weighted by atomic mass is 10.1. The number of methoxy groups -OCH3 is 1. The molecule has 0 radical (unpaired) electrons. The van der Waals surface area contributed by atoms with Crippen LogP contribution < -0.4 is 11.0 Å². The predicted molar refractivity (Wildman–Crippen MR) is 71.9 cm³/mol. The molecule has 2 atom stereocenters. The zero-order valence-electron chi connectivity index (χ0n) is 11.1. The monoisotopic (exact) mass is 263 g/mol. The van der Waals surface area contributed by atoms with Crippen molar-refractivity contribution in [2.75, 3.05) is 7.11 Å². The summed E-state index contributed by atoms with van der Waals surface area (Å²) in [4.78, 5) is 27.9. The van der Waals surface area contributed by atoms with Crippen LogP contribution in [0.4, 0.5) is 0 Å². The second-order valence-electron chi connectivity index (χ2n) is 4.52. The molecule has 2 rings (SSSR count). The molecule has 0 bridgehead atoms. The number of carbonyl (C=O) groups is 1. The van der Waals surface area contributed by atoms with Crippen LogP contribution in [0.2, 0.25) is 0 Å². The van der Waals surface area contributed by atoms with E-state index in [4.69, 9.17) is 0 Å². The number of nitrogens with one attached hydrogen (secondary N) is 3. The Balaban J connectivity index is 2.19. The van der Waals surface area contributed by atoms with Crippen molar-refractivity contribution in [1.82, 2.24) is 15.3 Å². The molecule has 0 aliphatic carbocycles. The fourth-order valence-corrected chi connectivity index (χ4v) is 2.04. The van der Waals surface area contributed by atoms with Crippen molar-refractivity contribution in [2.24, 2.45) is 0 Å².